The van der Waals surface area contributed by atoms with E-state index < -0.39 is 35.6 Å². The van der Waals surface area contributed by atoms with Crippen LogP contribution in [0.3, 0.4) is 0 Å². The second kappa shape index (κ2) is 6.36. The number of carbonyl (C=O) groups is 4. The highest BCUT2D eigenvalue weighted by Gasteiger charge is 2.59. The average molecular weight is 287 g/mol. The van der Waals surface area contributed by atoms with Crippen LogP contribution in [-0.2, 0) is 33.4 Å². The van der Waals surface area contributed by atoms with Crippen LogP contribution in [0.1, 0.15) is 33.6 Å². The van der Waals surface area contributed by atoms with Crippen molar-refractivity contribution in [3.05, 3.63) is 0 Å². The maximum absolute atomic E-state index is 12.1. The highest BCUT2D eigenvalue weighted by atomic mass is 16.6. The SMILES string of the molecule is CCCOC(=O)[C@@]1(OC(C)=O)NC(=O)CC1OC(C)=O. The molecule has 1 heterocycles. The zero-order valence-corrected chi connectivity index (χ0v) is 11.6. The molecular weight excluding hydrogens is 270 g/mol. The van der Waals surface area contributed by atoms with Crippen LogP contribution in [0.4, 0.5) is 0 Å². The van der Waals surface area contributed by atoms with Crippen LogP contribution >= 0.6 is 0 Å². The van der Waals surface area contributed by atoms with Gasteiger partial charge in [-0.05, 0) is 6.42 Å². The number of esters is 3. The zero-order chi connectivity index (χ0) is 15.3. The standard InChI is InChI=1S/C12H17NO7/c1-4-5-18-11(17)12(20-8(3)15)9(19-7(2)14)6-10(16)13-12/h9H,4-6H2,1-3H3,(H,13,16)/t9?,12-/m1/s1. The molecule has 8 nitrogen and oxygen atoms in total. The van der Waals surface area contributed by atoms with E-state index in [4.69, 9.17) is 14.2 Å². The lowest BCUT2D eigenvalue weighted by atomic mass is 10.1. The Hall–Kier alpha value is -2.12. The summed E-state index contributed by atoms with van der Waals surface area (Å²) in [5, 5.41) is 2.23. The molecule has 0 aliphatic carbocycles. The minimum absolute atomic E-state index is 0.0878. The molecule has 1 N–H and O–H groups in total. The molecule has 0 spiro atoms. The molecule has 1 saturated heterocycles. The fourth-order valence-electron chi connectivity index (χ4n) is 1.82. The van der Waals surface area contributed by atoms with Crippen LogP contribution in [0.15, 0.2) is 0 Å². The Labute approximate surface area is 115 Å². The van der Waals surface area contributed by atoms with E-state index in [2.05, 4.69) is 5.32 Å². The first-order valence-electron chi connectivity index (χ1n) is 6.16. The Balaban J connectivity index is 3.06. The molecule has 1 rings (SSSR count). The van der Waals surface area contributed by atoms with Crippen molar-refractivity contribution >= 4 is 23.8 Å². The van der Waals surface area contributed by atoms with E-state index in [9.17, 15) is 19.2 Å². The van der Waals surface area contributed by atoms with Crippen molar-refractivity contribution in [1.29, 1.82) is 0 Å². The van der Waals surface area contributed by atoms with Gasteiger partial charge in [0.1, 0.15) is 0 Å². The summed E-state index contributed by atoms with van der Waals surface area (Å²) in [5.41, 5.74) is -2.11. The average Bonchev–Trinajstić information content (AvgIpc) is 2.61. The van der Waals surface area contributed by atoms with Crippen LogP contribution in [-0.4, -0.2) is 42.3 Å². The van der Waals surface area contributed by atoms with E-state index >= 15 is 0 Å². The summed E-state index contributed by atoms with van der Waals surface area (Å²) >= 11 is 0. The van der Waals surface area contributed by atoms with E-state index in [1.807, 2.05) is 0 Å². The van der Waals surface area contributed by atoms with Crippen molar-refractivity contribution < 1.29 is 33.4 Å². The van der Waals surface area contributed by atoms with Gasteiger partial charge in [0.15, 0.2) is 6.10 Å². The Morgan fingerprint density at radius 3 is 2.45 bits per heavy atom. The van der Waals surface area contributed by atoms with Gasteiger partial charge in [-0.15, -0.1) is 0 Å². The van der Waals surface area contributed by atoms with Gasteiger partial charge in [0.25, 0.3) is 0 Å². The fraction of sp³-hybridized carbons (Fsp3) is 0.667. The van der Waals surface area contributed by atoms with E-state index in [0.717, 1.165) is 13.8 Å². The zero-order valence-electron chi connectivity index (χ0n) is 11.6. The molecule has 1 fully saturated rings. The maximum Gasteiger partial charge on any atom is 0.376 e. The van der Waals surface area contributed by atoms with Crippen molar-refractivity contribution in [3.63, 3.8) is 0 Å². The maximum atomic E-state index is 12.1. The molecular formula is C12H17NO7. The number of ether oxygens (including phenoxy) is 3. The molecule has 8 heteroatoms. The van der Waals surface area contributed by atoms with Crippen molar-refractivity contribution in [3.8, 4) is 0 Å². The molecule has 0 bridgehead atoms. The first-order valence-corrected chi connectivity index (χ1v) is 6.16. The number of carbonyl (C=O) groups excluding carboxylic acids is 4. The summed E-state index contributed by atoms with van der Waals surface area (Å²) in [6, 6.07) is 0. The molecule has 0 radical (unpaired) electrons. The number of hydrogen-bond acceptors (Lipinski definition) is 7. The molecule has 0 aromatic carbocycles. The minimum Gasteiger partial charge on any atom is -0.461 e. The van der Waals surface area contributed by atoms with E-state index in [0.29, 0.717) is 6.42 Å². The Bertz CT molecular complexity index is 434. The van der Waals surface area contributed by atoms with Gasteiger partial charge in [-0.3, -0.25) is 14.4 Å². The van der Waals surface area contributed by atoms with Gasteiger partial charge in [-0.2, -0.15) is 0 Å². The molecule has 0 aromatic rings. The smallest absolute Gasteiger partial charge is 0.376 e. The molecule has 1 aliphatic heterocycles. The second-order valence-corrected chi connectivity index (χ2v) is 4.32. The van der Waals surface area contributed by atoms with Gasteiger partial charge < -0.3 is 19.5 Å². The van der Waals surface area contributed by atoms with Gasteiger partial charge >= 0.3 is 23.6 Å². The molecule has 1 amide bonds. The number of rotatable bonds is 5. The summed E-state index contributed by atoms with van der Waals surface area (Å²) in [7, 11) is 0. The highest BCUT2D eigenvalue weighted by molar-refractivity contribution is 5.94. The Morgan fingerprint density at radius 2 is 1.95 bits per heavy atom. The molecule has 1 unspecified atom stereocenters. The predicted molar refractivity (Wildman–Crippen MR) is 64.1 cm³/mol. The van der Waals surface area contributed by atoms with E-state index in [1.165, 1.54) is 0 Å². The van der Waals surface area contributed by atoms with E-state index in [1.54, 1.807) is 6.92 Å². The predicted octanol–water partition coefficient (Wildman–Crippen LogP) is -0.349. The normalized spacial score (nSPS) is 24.8. The fourth-order valence-corrected chi connectivity index (χ4v) is 1.82. The van der Waals surface area contributed by atoms with Crippen molar-refractivity contribution in [2.24, 2.45) is 0 Å². The van der Waals surface area contributed by atoms with Crippen LogP contribution in [0.5, 0.6) is 0 Å². The van der Waals surface area contributed by atoms with Gasteiger partial charge in [0.05, 0.1) is 13.0 Å². The van der Waals surface area contributed by atoms with Gasteiger partial charge in [0, 0.05) is 13.8 Å². The summed E-state index contributed by atoms with van der Waals surface area (Å²) in [6.07, 6.45) is -0.983. The summed E-state index contributed by atoms with van der Waals surface area (Å²) in [6.45, 7) is 4.07. The van der Waals surface area contributed by atoms with Crippen molar-refractivity contribution in [2.45, 2.75) is 45.4 Å². The van der Waals surface area contributed by atoms with Gasteiger partial charge in [-0.25, -0.2) is 4.79 Å². The molecule has 0 saturated carbocycles. The first kappa shape index (κ1) is 15.9. The third kappa shape index (κ3) is 3.46. The third-order valence-electron chi connectivity index (χ3n) is 2.50. The second-order valence-electron chi connectivity index (χ2n) is 4.32. The quantitative estimate of drug-likeness (QED) is 0.544. The minimum atomic E-state index is -2.11. The van der Waals surface area contributed by atoms with Crippen LogP contribution < -0.4 is 5.32 Å². The number of nitrogens with one attached hydrogen (secondary N) is 1. The highest BCUT2D eigenvalue weighted by Crippen LogP contribution is 2.27. The molecule has 1 aliphatic rings. The monoisotopic (exact) mass is 287 g/mol. The molecule has 0 aromatic heterocycles. The first-order chi connectivity index (χ1) is 9.31. The molecule has 112 valence electrons. The molecule has 2 atom stereocenters. The summed E-state index contributed by atoms with van der Waals surface area (Å²) < 4.78 is 14.7. The van der Waals surface area contributed by atoms with Crippen LogP contribution in [0.2, 0.25) is 0 Å². The van der Waals surface area contributed by atoms with Crippen molar-refractivity contribution in [2.75, 3.05) is 6.61 Å². The third-order valence-corrected chi connectivity index (χ3v) is 2.50. The van der Waals surface area contributed by atoms with Crippen LogP contribution in [0.25, 0.3) is 0 Å². The topological polar surface area (TPSA) is 108 Å². The van der Waals surface area contributed by atoms with Gasteiger partial charge in [0.2, 0.25) is 5.91 Å². The van der Waals surface area contributed by atoms with Crippen molar-refractivity contribution in [1.82, 2.24) is 5.32 Å². The number of hydrogen-bond donors (Lipinski definition) is 1. The summed E-state index contributed by atoms with van der Waals surface area (Å²) in [5.74, 6) is -3.05. The largest absolute Gasteiger partial charge is 0.461 e. The lowest BCUT2D eigenvalue weighted by molar-refractivity contribution is -0.201. The van der Waals surface area contributed by atoms with Gasteiger partial charge in [-0.1, -0.05) is 6.92 Å². The Kier molecular flexibility index (Phi) is 5.06. The number of amides is 1. The Morgan fingerprint density at radius 1 is 1.30 bits per heavy atom. The lowest BCUT2D eigenvalue weighted by Gasteiger charge is -2.30. The summed E-state index contributed by atoms with van der Waals surface area (Å²) in [4.78, 5) is 45.9. The van der Waals surface area contributed by atoms with E-state index in [-0.39, 0.29) is 13.0 Å². The van der Waals surface area contributed by atoms with Crippen LogP contribution in [0, 0.1) is 0 Å². The lowest BCUT2D eigenvalue weighted by Crippen LogP contribution is -2.60. The molecule has 20 heavy (non-hydrogen) atoms.